The molecule has 2 rings (SSSR count). The molecular weight excluding hydrogens is 278 g/mol. The van der Waals surface area contributed by atoms with Gasteiger partial charge in [0.25, 0.3) is 0 Å². The van der Waals surface area contributed by atoms with Crippen LogP contribution in [0.3, 0.4) is 0 Å². The maximum absolute atomic E-state index is 6.28. The molecule has 0 spiro atoms. The highest BCUT2D eigenvalue weighted by molar-refractivity contribution is 6.33. The summed E-state index contributed by atoms with van der Waals surface area (Å²) < 4.78 is 16.5. The van der Waals surface area contributed by atoms with E-state index in [1.54, 1.807) is 13.2 Å². The van der Waals surface area contributed by atoms with E-state index in [1.807, 2.05) is 6.07 Å². The lowest BCUT2D eigenvalue weighted by Crippen LogP contribution is -2.31. The second-order valence-corrected chi connectivity index (χ2v) is 6.10. The molecule has 1 N–H and O–H groups in total. The zero-order chi connectivity index (χ0) is 14.8. The topological polar surface area (TPSA) is 39.7 Å². The molecule has 0 amide bonds. The molecular formula is C15H22ClNO3. The number of halogens is 1. The fourth-order valence-corrected chi connectivity index (χ4v) is 2.52. The van der Waals surface area contributed by atoms with Gasteiger partial charge in [0, 0.05) is 25.3 Å². The first-order chi connectivity index (χ1) is 9.41. The summed E-state index contributed by atoms with van der Waals surface area (Å²) in [6.45, 7) is 7.37. The summed E-state index contributed by atoms with van der Waals surface area (Å²) >= 11 is 6.28. The number of methoxy groups -OCH3 is 1. The van der Waals surface area contributed by atoms with Gasteiger partial charge >= 0.3 is 0 Å². The molecule has 0 aromatic heterocycles. The van der Waals surface area contributed by atoms with Gasteiger partial charge in [0.05, 0.1) is 16.3 Å². The van der Waals surface area contributed by atoms with Gasteiger partial charge in [0.1, 0.15) is 13.2 Å². The van der Waals surface area contributed by atoms with E-state index in [2.05, 4.69) is 26.1 Å². The third-order valence-corrected chi connectivity index (χ3v) is 3.70. The minimum absolute atomic E-state index is 0.174. The van der Waals surface area contributed by atoms with Crippen molar-refractivity contribution in [1.82, 2.24) is 0 Å². The van der Waals surface area contributed by atoms with E-state index in [-0.39, 0.29) is 11.6 Å². The Morgan fingerprint density at radius 3 is 2.50 bits per heavy atom. The van der Waals surface area contributed by atoms with E-state index < -0.39 is 0 Å². The maximum Gasteiger partial charge on any atom is 0.163 e. The van der Waals surface area contributed by atoms with Gasteiger partial charge in [0.2, 0.25) is 0 Å². The highest BCUT2D eigenvalue weighted by Gasteiger charge is 2.21. The van der Waals surface area contributed by atoms with Crippen LogP contribution >= 0.6 is 11.6 Å². The second-order valence-electron chi connectivity index (χ2n) is 5.69. The number of hydrogen-bond donors (Lipinski definition) is 1. The number of fused-ring (bicyclic) bond motifs is 1. The fraction of sp³-hybridized carbons (Fsp3) is 0.600. The first kappa shape index (κ1) is 15.3. The van der Waals surface area contributed by atoms with E-state index >= 15 is 0 Å². The van der Waals surface area contributed by atoms with Gasteiger partial charge in [0.15, 0.2) is 11.5 Å². The molecule has 0 saturated carbocycles. The number of ether oxygens (including phenoxy) is 3. The lowest BCUT2D eigenvalue weighted by Gasteiger charge is -2.28. The molecule has 0 saturated heterocycles. The Labute approximate surface area is 125 Å². The summed E-state index contributed by atoms with van der Waals surface area (Å²) in [6, 6.07) is 3.92. The summed E-state index contributed by atoms with van der Waals surface area (Å²) in [5, 5.41) is 4.04. The summed E-state index contributed by atoms with van der Waals surface area (Å²) in [5.41, 5.74) is 0.683. The van der Waals surface area contributed by atoms with Gasteiger partial charge in [-0.25, -0.2) is 0 Å². The second kappa shape index (κ2) is 6.10. The highest BCUT2D eigenvalue weighted by Crippen LogP contribution is 2.38. The van der Waals surface area contributed by atoms with Crippen LogP contribution in [0, 0.1) is 0 Å². The highest BCUT2D eigenvalue weighted by atomic mass is 35.5. The van der Waals surface area contributed by atoms with Gasteiger partial charge in [-0.2, -0.15) is 0 Å². The van der Waals surface area contributed by atoms with Crippen molar-refractivity contribution in [3.05, 3.63) is 17.2 Å². The standard InChI is InChI=1S/C15H22ClNO3/c1-10(9-15(2,3)18-4)17-12-8-14-13(7-11(12)16)19-5-6-20-14/h7-8,10,17H,5-6,9H2,1-4H3. The van der Waals surface area contributed by atoms with Crippen LogP contribution in [0.1, 0.15) is 27.2 Å². The molecule has 0 aliphatic carbocycles. The Hall–Kier alpha value is -1.13. The van der Waals surface area contributed by atoms with Gasteiger partial charge in [-0.3, -0.25) is 0 Å². The Kier molecular flexibility index (Phi) is 4.66. The van der Waals surface area contributed by atoms with Crippen molar-refractivity contribution in [3.63, 3.8) is 0 Å². The largest absolute Gasteiger partial charge is 0.486 e. The molecule has 20 heavy (non-hydrogen) atoms. The maximum atomic E-state index is 6.28. The lowest BCUT2D eigenvalue weighted by atomic mass is 9.99. The zero-order valence-electron chi connectivity index (χ0n) is 12.5. The van der Waals surface area contributed by atoms with Crippen molar-refractivity contribution < 1.29 is 14.2 Å². The van der Waals surface area contributed by atoms with E-state index in [1.165, 1.54) is 0 Å². The van der Waals surface area contributed by atoms with E-state index in [9.17, 15) is 0 Å². The molecule has 1 heterocycles. The van der Waals surface area contributed by atoms with Crippen LogP contribution in [0.15, 0.2) is 12.1 Å². The average Bonchev–Trinajstić information content (AvgIpc) is 2.39. The number of hydrogen-bond acceptors (Lipinski definition) is 4. The van der Waals surface area contributed by atoms with Gasteiger partial charge in [-0.1, -0.05) is 11.6 Å². The Bertz CT molecular complexity index is 476. The van der Waals surface area contributed by atoms with Crippen LogP contribution in [-0.2, 0) is 4.74 Å². The summed E-state index contributed by atoms with van der Waals surface area (Å²) in [7, 11) is 1.73. The molecule has 0 radical (unpaired) electrons. The van der Waals surface area contributed by atoms with E-state index in [4.69, 9.17) is 25.8 Å². The van der Waals surface area contributed by atoms with Crippen LogP contribution in [0.25, 0.3) is 0 Å². The molecule has 0 fully saturated rings. The van der Waals surface area contributed by atoms with Gasteiger partial charge in [-0.15, -0.1) is 0 Å². The third-order valence-electron chi connectivity index (χ3n) is 3.38. The van der Waals surface area contributed by atoms with Crippen LogP contribution in [0.2, 0.25) is 5.02 Å². The molecule has 1 aliphatic rings. The van der Waals surface area contributed by atoms with Gasteiger partial charge in [-0.05, 0) is 27.2 Å². The van der Waals surface area contributed by atoms with Crippen LogP contribution < -0.4 is 14.8 Å². The summed E-state index contributed by atoms with van der Waals surface area (Å²) in [6.07, 6.45) is 0.869. The van der Waals surface area contributed by atoms with Crippen molar-refractivity contribution in [2.24, 2.45) is 0 Å². The van der Waals surface area contributed by atoms with E-state index in [0.29, 0.717) is 24.0 Å². The summed E-state index contributed by atoms with van der Waals surface area (Å²) in [4.78, 5) is 0. The number of nitrogens with one attached hydrogen (secondary N) is 1. The van der Waals surface area contributed by atoms with Crippen molar-refractivity contribution >= 4 is 17.3 Å². The first-order valence-corrected chi connectivity index (χ1v) is 7.20. The fourth-order valence-electron chi connectivity index (χ4n) is 2.31. The Morgan fingerprint density at radius 1 is 1.30 bits per heavy atom. The SMILES string of the molecule is COC(C)(C)CC(C)Nc1cc2c(cc1Cl)OCCO2. The Balaban J connectivity index is 2.09. The monoisotopic (exact) mass is 299 g/mol. The minimum Gasteiger partial charge on any atom is -0.486 e. The predicted molar refractivity (Wildman–Crippen MR) is 81.2 cm³/mol. The zero-order valence-corrected chi connectivity index (χ0v) is 13.2. The number of rotatable bonds is 5. The first-order valence-electron chi connectivity index (χ1n) is 6.82. The molecule has 1 unspecified atom stereocenters. The van der Waals surface area contributed by atoms with Crippen molar-refractivity contribution in [2.75, 3.05) is 25.6 Å². The minimum atomic E-state index is -0.174. The van der Waals surface area contributed by atoms with Crippen molar-refractivity contribution in [3.8, 4) is 11.5 Å². The van der Waals surface area contributed by atoms with Crippen molar-refractivity contribution in [2.45, 2.75) is 38.8 Å². The van der Waals surface area contributed by atoms with Crippen LogP contribution in [0.5, 0.6) is 11.5 Å². The third kappa shape index (κ3) is 3.70. The van der Waals surface area contributed by atoms with Gasteiger partial charge < -0.3 is 19.5 Å². The number of benzene rings is 1. The quantitative estimate of drug-likeness (QED) is 0.899. The van der Waals surface area contributed by atoms with Crippen molar-refractivity contribution in [1.29, 1.82) is 0 Å². The molecule has 0 bridgehead atoms. The molecule has 112 valence electrons. The van der Waals surface area contributed by atoms with E-state index in [0.717, 1.165) is 17.9 Å². The molecule has 1 aromatic rings. The smallest absolute Gasteiger partial charge is 0.163 e. The van der Waals surface area contributed by atoms with Crippen LogP contribution in [-0.4, -0.2) is 32.0 Å². The average molecular weight is 300 g/mol. The molecule has 1 atom stereocenters. The number of anilines is 1. The lowest BCUT2D eigenvalue weighted by molar-refractivity contribution is 0.0128. The summed E-state index contributed by atoms with van der Waals surface area (Å²) in [5.74, 6) is 1.44. The molecule has 1 aromatic carbocycles. The molecule has 4 nitrogen and oxygen atoms in total. The Morgan fingerprint density at radius 2 is 1.90 bits per heavy atom. The van der Waals surface area contributed by atoms with Crippen LogP contribution in [0.4, 0.5) is 5.69 Å². The molecule has 5 heteroatoms. The molecule has 1 aliphatic heterocycles. The predicted octanol–water partition coefficient (Wildman–Crippen LogP) is 3.73. The normalized spacial score (nSPS) is 15.8.